The van der Waals surface area contributed by atoms with Crippen molar-refractivity contribution in [3.8, 4) is 0 Å². The summed E-state index contributed by atoms with van der Waals surface area (Å²) in [4.78, 5) is 0. The highest BCUT2D eigenvalue weighted by Gasteiger charge is 2.27. The van der Waals surface area contributed by atoms with Crippen LogP contribution in [0.15, 0.2) is 12.1 Å². The fourth-order valence-corrected chi connectivity index (χ4v) is 1.98. The SMILES string of the molecule is [B]c1cc(C(F)F)cc(Cl)c1C1CC1. The van der Waals surface area contributed by atoms with Gasteiger partial charge in [0, 0.05) is 10.6 Å². The maximum absolute atomic E-state index is 12.4. The summed E-state index contributed by atoms with van der Waals surface area (Å²) in [7, 11) is 5.68. The molecule has 0 aromatic heterocycles. The fourth-order valence-electron chi connectivity index (χ4n) is 1.59. The molecule has 0 aliphatic heterocycles. The summed E-state index contributed by atoms with van der Waals surface area (Å²) in [6.07, 6.45) is -0.404. The highest BCUT2D eigenvalue weighted by atomic mass is 35.5. The van der Waals surface area contributed by atoms with Crippen molar-refractivity contribution in [1.82, 2.24) is 0 Å². The van der Waals surface area contributed by atoms with Crippen LogP contribution in [-0.4, -0.2) is 7.85 Å². The van der Waals surface area contributed by atoms with Crippen molar-refractivity contribution in [2.45, 2.75) is 25.2 Å². The molecule has 2 rings (SSSR count). The predicted octanol–water partition coefficient (Wildman–Crippen LogP) is 2.95. The zero-order valence-corrected chi connectivity index (χ0v) is 8.19. The number of benzene rings is 1. The lowest BCUT2D eigenvalue weighted by atomic mass is 9.87. The van der Waals surface area contributed by atoms with Crippen LogP contribution in [0.2, 0.25) is 5.02 Å². The first-order chi connectivity index (χ1) is 6.59. The molecular formula is C10H8BClF2. The molecule has 0 spiro atoms. The molecule has 0 unspecified atom stereocenters. The minimum absolute atomic E-state index is 0.100. The summed E-state index contributed by atoms with van der Waals surface area (Å²) in [6, 6.07) is 2.64. The molecule has 0 bridgehead atoms. The normalized spacial score (nSPS) is 16.3. The standard InChI is InChI=1S/C10H8BClF2/c11-7-3-6(10(13)14)4-8(12)9(7)5-1-2-5/h3-5,10H,1-2H2. The lowest BCUT2D eigenvalue weighted by Gasteiger charge is -2.10. The third kappa shape index (κ3) is 1.78. The Balaban J connectivity index is 2.44. The second-order valence-electron chi connectivity index (χ2n) is 3.58. The molecule has 1 aliphatic rings. The van der Waals surface area contributed by atoms with Gasteiger partial charge in [-0.05, 0) is 30.4 Å². The Labute approximate surface area is 87.7 Å². The second kappa shape index (κ2) is 3.54. The van der Waals surface area contributed by atoms with Gasteiger partial charge in [-0.2, -0.15) is 0 Å². The van der Waals surface area contributed by atoms with Crippen molar-refractivity contribution in [2.75, 3.05) is 0 Å². The molecule has 0 heterocycles. The Hall–Kier alpha value is -0.565. The quantitative estimate of drug-likeness (QED) is 0.661. The topological polar surface area (TPSA) is 0 Å². The minimum Gasteiger partial charge on any atom is -0.205 e. The molecule has 14 heavy (non-hydrogen) atoms. The third-order valence-corrected chi connectivity index (χ3v) is 2.73. The monoisotopic (exact) mass is 212 g/mol. The largest absolute Gasteiger partial charge is 0.263 e. The van der Waals surface area contributed by atoms with E-state index in [9.17, 15) is 8.78 Å². The first-order valence-electron chi connectivity index (χ1n) is 4.46. The average Bonchev–Trinajstić information content (AvgIpc) is 2.86. The summed E-state index contributed by atoms with van der Waals surface area (Å²) in [6.45, 7) is 0. The van der Waals surface area contributed by atoms with Gasteiger partial charge in [-0.1, -0.05) is 23.1 Å². The Morgan fingerprint density at radius 3 is 2.43 bits per heavy atom. The van der Waals surface area contributed by atoms with Crippen molar-refractivity contribution in [3.63, 3.8) is 0 Å². The van der Waals surface area contributed by atoms with Gasteiger partial charge in [-0.3, -0.25) is 0 Å². The maximum Gasteiger partial charge on any atom is 0.263 e. The highest BCUT2D eigenvalue weighted by molar-refractivity contribution is 6.38. The van der Waals surface area contributed by atoms with E-state index in [1.165, 1.54) is 12.1 Å². The van der Waals surface area contributed by atoms with Crippen LogP contribution in [0.1, 0.15) is 36.3 Å². The summed E-state index contributed by atoms with van der Waals surface area (Å²) >= 11 is 5.90. The first-order valence-corrected chi connectivity index (χ1v) is 4.84. The van der Waals surface area contributed by atoms with Gasteiger partial charge in [0.2, 0.25) is 0 Å². The van der Waals surface area contributed by atoms with Crippen LogP contribution in [0, 0.1) is 0 Å². The van der Waals surface area contributed by atoms with Crippen LogP contribution in [0.5, 0.6) is 0 Å². The van der Waals surface area contributed by atoms with Crippen LogP contribution in [0.3, 0.4) is 0 Å². The number of rotatable bonds is 2. The van der Waals surface area contributed by atoms with E-state index in [1.807, 2.05) is 0 Å². The van der Waals surface area contributed by atoms with Gasteiger partial charge in [-0.25, -0.2) is 8.78 Å². The van der Waals surface area contributed by atoms with E-state index < -0.39 is 6.43 Å². The van der Waals surface area contributed by atoms with Crippen molar-refractivity contribution >= 4 is 24.9 Å². The van der Waals surface area contributed by atoms with E-state index >= 15 is 0 Å². The number of hydrogen-bond donors (Lipinski definition) is 0. The van der Waals surface area contributed by atoms with Crippen molar-refractivity contribution in [1.29, 1.82) is 0 Å². The van der Waals surface area contributed by atoms with Crippen molar-refractivity contribution in [3.05, 3.63) is 28.3 Å². The van der Waals surface area contributed by atoms with Gasteiger partial charge in [0.1, 0.15) is 7.85 Å². The smallest absolute Gasteiger partial charge is 0.205 e. The molecular weight excluding hydrogens is 204 g/mol. The summed E-state index contributed by atoms with van der Waals surface area (Å²) in [5, 5.41) is 0.378. The fraction of sp³-hybridized carbons (Fsp3) is 0.400. The molecule has 0 saturated heterocycles. The predicted molar refractivity (Wildman–Crippen MR) is 53.8 cm³/mol. The molecule has 1 aromatic carbocycles. The van der Waals surface area contributed by atoms with Gasteiger partial charge in [0.15, 0.2) is 0 Å². The van der Waals surface area contributed by atoms with E-state index in [-0.39, 0.29) is 5.56 Å². The van der Waals surface area contributed by atoms with E-state index in [2.05, 4.69) is 0 Å². The molecule has 0 nitrogen and oxygen atoms in total. The number of alkyl halides is 2. The zero-order valence-electron chi connectivity index (χ0n) is 7.43. The lowest BCUT2D eigenvalue weighted by molar-refractivity contribution is 0.151. The van der Waals surface area contributed by atoms with Crippen LogP contribution >= 0.6 is 11.6 Å². The van der Waals surface area contributed by atoms with Crippen LogP contribution in [-0.2, 0) is 0 Å². The lowest BCUT2D eigenvalue weighted by Crippen LogP contribution is -2.11. The maximum atomic E-state index is 12.4. The zero-order chi connectivity index (χ0) is 10.3. The second-order valence-corrected chi connectivity index (χ2v) is 3.99. The molecule has 72 valence electrons. The molecule has 0 atom stereocenters. The Bertz CT molecular complexity index is 338. The van der Waals surface area contributed by atoms with E-state index in [4.69, 9.17) is 19.4 Å². The van der Waals surface area contributed by atoms with E-state index in [0.29, 0.717) is 16.4 Å². The molecule has 0 N–H and O–H groups in total. The third-order valence-electron chi connectivity index (χ3n) is 2.42. The van der Waals surface area contributed by atoms with Crippen LogP contribution < -0.4 is 5.46 Å². The van der Waals surface area contributed by atoms with Crippen molar-refractivity contribution in [2.24, 2.45) is 0 Å². The summed E-state index contributed by atoms with van der Waals surface area (Å²) in [5.41, 5.74) is 1.14. The molecule has 1 aliphatic carbocycles. The summed E-state index contributed by atoms with van der Waals surface area (Å²) in [5.74, 6) is 0.384. The molecule has 1 saturated carbocycles. The van der Waals surface area contributed by atoms with Gasteiger partial charge >= 0.3 is 0 Å². The minimum atomic E-state index is -2.51. The Morgan fingerprint density at radius 2 is 2.00 bits per heavy atom. The van der Waals surface area contributed by atoms with Gasteiger partial charge < -0.3 is 0 Å². The summed E-state index contributed by atoms with van der Waals surface area (Å²) < 4.78 is 24.7. The number of hydrogen-bond acceptors (Lipinski definition) is 0. The average molecular weight is 212 g/mol. The Kier molecular flexibility index (Phi) is 2.52. The van der Waals surface area contributed by atoms with Crippen LogP contribution in [0.25, 0.3) is 0 Å². The molecule has 1 fully saturated rings. The molecule has 4 heteroatoms. The van der Waals surface area contributed by atoms with Crippen molar-refractivity contribution < 1.29 is 8.78 Å². The van der Waals surface area contributed by atoms with E-state index in [0.717, 1.165) is 18.4 Å². The molecule has 1 aromatic rings. The van der Waals surface area contributed by atoms with Crippen LogP contribution in [0.4, 0.5) is 8.78 Å². The van der Waals surface area contributed by atoms with Gasteiger partial charge in [0.25, 0.3) is 6.43 Å². The van der Waals surface area contributed by atoms with Gasteiger partial charge in [-0.15, -0.1) is 0 Å². The van der Waals surface area contributed by atoms with Gasteiger partial charge in [0.05, 0.1) is 0 Å². The first kappa shape index (κ1) is 9.97. The molecule has 0 amide bonds. The van der Waals surface area contributed by atoms with E-state index in [1.54, 1.807) is 0 Å². The Morgan fingerprint density at radius 1 is 1.36 bits per heavy atom. The highest BCUT2D eigenvalue weighted by Crippen LogP contribution is 2.42. The number of halogens is 3. The molecule has 2 radical (unpaired) electrons.